The first-order chi connectivity index (χ1) is 17.6. The maximum atomic E-state index is 13.2. The number of fused-ring (bicyclic) bond motifs is 6. The molecule has 6 rings (SSSR count). The van der Waals surface area contributed by atoms with Crippen molar-refractivity contribution in [2.24, 2.45) is 65.1 Å². The number of carbonyl (C=O) groups excluding carboxylic acids is 2. The summed E-state index contributed by atoms with van der Waals surface area (Å²) in [6, 6.07) is 0. The standard InChI is InChI=1S/C26H28O11/c27-21-9-2-1-8(3-9)18(21)26(35)37-15-7-11-5-13(15)20(24(32)33)17(11)25(34)36-14-6-10-4-12(14)19(23(30)31)16(10)22(28)29/h1-2,6,8-13,15-21,27H,3-5,7H2,(H,28,29)(H,30,31)(H,32,33). The average molecular weight is 516 g/mol. The van der Waals surface area contributed by atoms with Crippen molar-refractivity contribution in [3.05, 3.63) is 24.0 Å². The Bertz CT molecular complexity index is 1140. The Kier molecular flexibility index (Phi) is 5.48. The summed E-state index contributed by atoms with van der Waals surface area (Å²) in [5.74, 6) is -12.4. The quantitative estimate of drug-likeness (QED) is 0.278. The molecule has 11 heteroatoms. The van der Waals surface area contributed by atoms with E-state index >= 15 is 0 Å². The van der Waals surface area contributed by atoms with Gasteiger partial charge in [0.05, 0.1) is 35.7 Å². The second kappa shape index (κ2) is 8.41. The van der Waals surface area contributed by atoms with E-state index in [-0.39, 0.29) is 29.9 Å². The van der Waals surface area contributed by atoms with Gasteiger partial charge >= 0.3 is 29.8 Å². The van der Waals surface area contributed by atoms with Crippen LogP contribution in [-0.2, 0) is 33.4 Å². The molecule has 0 spiro atoms. The van der Waals surface area contributed by atoms with Crippen LogP contribution in [0.1, 0.15) is 25.7 Å². The largest absolute Gasteiger partial charge is 0.481 e. The van der Waals surface area contributed by atoms with Crippen LogP contribution < -0.4 is 0 Å². The molecule has 13 unspecified atom stereocenters. The zero-order valence-electron chi connectivity index (χ0n) is 19.7. The molecule has 6 aliphatic carbocycles. The first-order valence-corrected chi connectivity index (χ1v) is 12.8. The molecular formula is C26H28O11. The highest BCUT2D eigenvalue weighted by molar-refractivity contribution is 5.85. The molecule has 0 aromatic heterocycles. The van der Waals surface area contributed by atoms with Crippen LogP contribution in [-0.4, -0.2) is 62.5 Å². The predicted molar refractivity (Wildman–Crippen MR) is 119 cm³/mol. The Morgan fingerprint density at radius 3 is 2.00 bits per heavy atom. The topological polar surface area (TPSA) is 185 Å². The second-order valence-electron chi connectivity index (χ2n) is 11.4. The second-order valence-corrected chi connectivity index (χ2v) is 11.4. The molecule has 4 fully saturated rings. The van der Waals surface area contributed by atoms with E-state index in [1.807, 2.05) is 12.2 Å². The molecule has 4 N–H and O–H groups in total. The summed E-state index contributed by atoms with van der Waals surface area (Å²) in [7, 11) is 0. The van der Waals surface area contributed by atoms with Crippen LogP contribution >= 0.6 is 0 Å². The highest BCUT2D eigenvalue weighted by Crippen LogP contribution is 2.56. The van der Waals surface area contributed by atoms with Gasteiger partial charge in [-0.3, -0.25) is 24.0 Å². The van der Waals surface area contributed by atoms with Gasteiger partial charge in [-0.05, 0) is 49.5 Å². The summed E-state index contributed by atoms with van der Waals surface area (Å²) < 4.78 is 11.3. The maximum Gasteiger partial charge on any atom is 0.315 e. The van der Waals surface area contributed by atoms with E-state index in [1.54, 1.807) is 0 Å². The fourth-order valence-corrected chi connectivity index (χ4v) is 8.31. The first-order valence-electron chi connectivity index (χ1n) is 12.8. The molecule has 0 aromatic carbocycles. The summed E-state index contributed by atoms with van der Waals surface area (Å²) in [6.45, 7) is 0. The van der Waals surface area contributed by atoms with Gasteiger partial charge in [-0.25, -0.2) is 0 Å². The molecule has 0 heterocycles. The highest BCUT2D eigenvalue weighted by Gasteiger charge is 2.62. The van der Waals surface area contributed by atoms with Gasteiger partial charge in [0.2, 0.25) is 0 Å². The lowest BCUT2D eigenvalue weighted by atomic mass is 9.77. The van der Waals surface area contributed by atoms with Gasteiger partial charge in [-0.2, -0.15) is 0 Å². The molecule has 6 bridgehead atoms. The summed E-state index contributed by atoms with van der Waals surface area (Å²) in [5, 5.41) is 39.4. The zero-order chi connectivity index (χ0) is 26.3. The number of hydrogen-bond acceptors (Lipinski definition) is 8. The number of aliphatic carboxylic acids is 3. The summed E-state index contributed by atoms with van der Waals surface area (Å²) >= 11 is 0. The minimum atomic E-state index is -1.27. The van der Waals surface area contributed by atoms with Gasteiger partial charge < -0.3 is 29.9 Å². The summed E-state index contributed by atoms with van der Waals surface area (Å²) in [5.41, 5.74) is 0. The number of aliphatic hydroxyl groups excluding tert-OH is 1. The van der Waals surface area contributed by atoms with E-state index in [0.29, 0.717) is 19.3 Å². The van der Waals surface area contributed by atoms with E-state index in [9.17, 15) is 44.4 Å². The van der Waals surface area contributed by atoms with Crippen molar-refractivity contribution in [3.8, 4) is 0 Å². The van der Waals surface area contributed by atoms with Crippen LogP contribution in [0.5, 0.6) is 0 Å². The number of aliphatic hydroxyl groups is 1. The minimum absolute atomic E-state index is 0.0693. The third kappa shape index (κ3) is 3.53. The van der Waals surface area contributed by atoms with Crippen molar-refractivity contribution < 1.29 is 53.9 Å². The molecule has 4 saturated carbocycles. The van der Waals surface area contributed by atoms with Gasteiger partial charge in [0.15, 0.2) is 0 Å². The number of ether oxygens (including phenoxy) is 2. The van der Waals surface area contributed by atoms with Crippen molar-refractivity contribution in [2.75, 3.05) is 0 Å². The van der Waals surface area contributed by atoms with Gasteiger partial charge in [-0.1, -0.05) is 12.2 Å². The van der Waals surface area contributed by atoms with Crippen molar-refractivity contribution >= 4 is 29.8 Å². The molecule has 198 valence electrons. The zero-order valence-corrected chi connectivity index (χ0v) is 19.7. The normalized spacial score (nSPS) is 46.2. The molecule has 11 nitrogen and oxygen atoms in total. The average Bonchev–Trinajstić information content (AvgIpc) is 3.64. The lowest BCUT2D eigenvalue weighted by Crippen LogP contribution is -2.44. The van der Waals surface area contributed by atoms with Crippen molar-refractivity contribution in [1.82, 2.24) is 0 Å². The van der Waals surface area contributed by atoms with Crippen molar-refractivity contribution in [2.45, 2.75) is 37.9 Å². The number of carboxylic acids is 3. The van der Waals surface area contributed by atoms with Crippen LogP contribution in [0.2, 0.25) is 0 Å². The molecular weight excluding hydrogens is 488 g/mol. The van der Waals surface area contributed by atoms with Gasteiger partial charge in [0, 0.05) is 17.8 Å². The van der Waals surface area contributed by atoms with Crippen LogP contribution in [0.15, 0.2) is 24.0 Å². The maximum absolute atomic E-state index is 13.2. The molecule has 0 saturated heterocycles. The molecule has 6 aliphatic rings. The number of esters is 2. The SMILES string of the molecule is O=C(OC1CC2CC1C(C(=O)O)C2C(=O)OC1=CC2CC1C(C(=O)O)C2C(=O)O)C1C2C=CC(C2)C1O. The Morgan fingerprint density at radius 1 is 0.703 bits per heavy atom. The molecule has 0 radical (unpaired) electrons. The number of rotatable bonds is 7. The smallest absolute Gasteiger partial charge is 0.315 e. The van der Waals surface area contributed by atoms with Crippen LogP contribution in [0.3, 0.4) is 0 Å². The molecule has 37 heavy (non-hydrogen) atoms. The first kappa shape index (κ1) is 24.1. The third-order valence-corrected chi connectivity index (χ3v) is 9.80. The molecule has 13 atom stereocenters. The number of hydrogen-bond donors (Lipinski definition) is 4. The summed E-state index contributed by atoms with van der Waals surface area (Å²) in [6.07, 6.45) is 5.43. The number of allylic oxidation sites excluding steroid dienone is 3. The van der Waals surface area contributed by atoms with E-state index in [4.69, 9.17) is 9.47 Å². The fraction of sp³-hybridized carbons (Fsp3) is 0.654. The number of carboxylic acid groups (broad SMARTS) is 3. The van der Waals surface area contributed by atoms with Crippen LogP contribution in [0, 0.1) is 65.1 Å². The van der Waals surface area contributed by atoms with Gasteiger partial charge in [0.1, 0.15) is 11.9 Å². The van der Waals surface area contributed by atoms with E-state index in [1.165, 1.54) is 6.08 Å². The van der Waals surface area contributed by atoms with E-state index in [0.717, 1.165) is 0 Å². The lowest BCUT2D eigenvalue weighted by Gasteiger charge is -2.33. The number of carbonyl (C=O) groups is 5. The lowest BCUT2D eigenvalue weighted by molar-refractivity contribution is -0.170. The minimum Gasteiger partial charge on any atom is -0.481 e. The van der Waals surface area contributed by atoms with Crippen molar-refractivity contribution in [3.63, 3.8) is 0 Å². The van der Waals surface area contributed by atoms with E-state index < -0.39 is 89.4 Å². The highest BCUT2D eigenvalue weighted by atomic mass is 16.6. The molecule has 0 aromatic rings. The Balaban J connectivity index is 1.14. The Labute approximate surface area is 211 Å². The monoisotopic (exact) mass is 516 g/mol. The van der Waals surface area contributed by atoms with Crippen molar-refractivity contribution in [1.29, 1.82) is 0 Å². The van der Waals surface area contributed by atoms with E-state index in [2.05, 4.69) is 0 Å². The Morgan fingerprint density at radius 2 is 1.38 bits per heavy atom. The van der Waals surface area contributed by atoms with Gasteiger partial charge in [0.25, 0.3) is 0 Å². The Hall–Kier alpha value is -3.21. The van der Waals surface area contributed by atoms with Crippen LogP contribution in [0.25, 0.3) is 0 Å². The molecule has 0 amide bonds. The fourth-order valence-electron chi connectivity index (χ4n) is 8.31. The van der Waals surface area contributed by atoms with Crippen LogP contribution in [0.4, 0.5) is 0 Å². The van der Waals surface area contributed by atoms with Gasteiger partial charge in [-0.15, -0.1) is 0 Å². The predicted octanol–water partition coefficient (Wildman–Crippen LogP) is 0.916. The molecule has 0 aliphatic heterocycles. The summed E-state index contributed by atoms with van der Waals surface area (Å²) in [4.78, 5) is 61.6. The third-order valence-electron chi connectivity index (χ3n) is 9.80.